The molecule has 0 fully saturated rings. The van der Waals surface area contributed by atoms with Gasteiger partial charge in [0.05, 0.1) is 5.69 Å². The molecule has 0 radical (unpaired) electrons. The zero-order valence-corrected chi connectivity index (χ0v) is 9.85. The van der Waals surface area contributed by atoms with Gasteiger partial charge in [-0.1, -0.05) is 0 Å². The second-order valence-electron chi connectivity index (χ2n) is 4.25. The summed E-state index contributed by atoms with van der Waals surface area (Å²) >= 11 is 0. The SMILES string of the molecule is Oc1ccc(Nc2ncnc3c2CCNC3)cc1. The number of aromatic nitrogens is 2. The van der Waals surface area contributed by atoms with Gasteiger partial charge < -0.3 is 15.7 Å². The monoisotopic (exact) mass is 242 g/mol. The zero-order valence-electron chi connectivity index (χ0n) is 9.85. The van der Waals surface area contributed by atoms with Gasteiger partial charge in [-0.3, -0.25) is 0 Å². The van der Waals surface area contributed by atoms with Crippen molar-refractivity contribution in [1.82, 2.24) is 15.3 Å². The summed E-state index contributed by atoms with van der Waals surface area (Å²) in [6, 6.07) is 6.95. The van der Waals surface area contributed by atoms with Crippen molar-refractivity contribution in [2.75, 3.05) is 11.9 Å². The third-order valence-electron chi connectivity index (χ3n) is 3.01. The molecule has 0 spiro atoms. The fourth-order valence-corrected chi connectivity index (χ4v) is 2.07. The van der Waals surface area contributed by atoms with Gasteiger partial charge in [0.1, 0.15) is 17.9 Å². The molecule has 0 bridgehead atoms. The molecule has 0 amide bonds. The van der Waals surface area contributed by atoms with Crippen molar-refractivity contribution in [3.63, 3.8) is 0 Å². The van der Waals surface area contributed by atoms with Crippen molar-refractivity contribution < 1.29 is 5.11 Å². The van der Waals surface area contributed by atoms with Crippen molar-refractivity contribution in [2.45, 2.75) is 13.0 Å². The van der Waals surface area contributed by atoms with E-state index in [1.54, 1.807) is 18.5 Å². The van der Waals surface area contributed by atoms with E-state index in [9.17, 15) is 5.11 Å². The van der Waals surface area contributed by atoms with E-state index in [0.29, 0.717) is 0 Å². The lowest BCUT2D eigenvalue weighted by atomic mass is 10.1. The number of anilines is 2. The Labute approximate surface area is 105 Å². The van der Waals surface area contributed by atoms with Crippen LogP contribution in [0.1, 0.15) is 11.3 Å². The molecule has 5 heteroatoms. The van der Waals surface area contributed by atoms with Gasteiger partial charge in [-0.05, 0) is 37.2 Å². The fourth-order valence-electron chi connectivity index (χ4n) is 2.07. The summed E-state index contributed by atoms with van der Waals surface area (Å²) in [5.74, 6) is 1.11. The van der Waals surface area contributed by atoms with Crippen LogP contribution < -0.4 is 10.6 Å². The Bertz CT molecular complexity index is 553. The smallest absolute Gasteiger partial charge is 0.137 e. The van der Waals surface area contributed by atoms with E-state index in [1.807, 2.05) is 12.1 Å². The van der Waals surface area contributed by atoms with E-state index in [4.69, 9.17) is 0 Å². The van der Waals surface area contributed by atoms with Crippen LogP contribution in [0.15, 0.2) is 30.6 Å². The van der Waals surface area contributed by atoms with Gasteiger partial charge in [-0.15, -0.1) is 0 Å². The molecule has 0 aliphatic carbocycles. The average molecular weight is 242 g/mol. The second-order valence-corrected chi connectivity index (χ2v) is 4.25. The molecule has 1 aromatic heterocycles. The number of aromatic hydroxyl groups is 1. The maximum Gasteiger partial charge on any atom is 0.137 e. The normalized spacial score (nSPS) is 14.0. The Morgan fingerprint density at radius 1 is 1.17 bits per heavy atom. The Morgan fingerprint density at radius 3 is 2.83 bits per heavy atom. The highest BCUT2D eigenvalue weighted by atomic mass is 16.3. The highest BCUT2D eigenvalue weighted by Gasteiger charge is 2.14. The van der Waals surface area contributed by atoms with Gasteiger partial charge in [0.25, 0.3) is 0 Å². The molecule has 1 aliphatic rings. The molecule has 0 unspecified atom stereocenters. The average Bonchev–Trinajstić information content (AvgIpc) is 2.42. The van der Waals surface area contributed by atoms with E-state index in [2.05, 4.69) is 20.6 Å². The summed E-state index contributed by atoms with van der Waals surface area (Å²) in [6.45, 7) is 1.74. The maximum absolute atomic E-state index is 9.25. The molecule has 18 heavy (non-hydrogen) atoms. The lowest BCUT2D eigenvalue weighted by Gasteiger charge is -2.19. The van der Waals surface area contributed by atoms with Crippen molar-refractivity contribution in [1.29, 1.82) is 0 Å². The summed E-state index contributed by atoms with van der Waals surface area (Å²) in [7, 11) is 0. The first-order valence-corrected chi connectivity index (χ1v) is 5.92. The van der Waals surface area contributed by atoms with Crippen molar-refractivity contribution >= 4 is 11.5 Å². The summed E-state index contributed by atoms with van der Waals surface area (Å²) < 4.78 is 0. The minimum atomic E-state index is 0.259. The third-order valence-corrected chi connectivity index (χ3v) is 3.01. The van der Waals surface area contributed by atoms with E-state index >= 15 is 0 Å². The summed E-state index contributed by atoms with van der Waals surface area (Å²) in [4.78, 5) is 8.58. The van der Waals surface area contributed by atoms with Gasteiger partial charge in [0.2, 0.25) is 0 Å². The first-order chi connectivity index (χ1) is 8.83. The number of rotatable bonds is 2. The van der Waals surface area contributed by atoms with Crippen LogP contribution >= 0.6 is 0 Å². The number of hydrogen-bond acceptors (Lipinski definition) is 5. The number of nitrogens with zero attached hydrogens (tertiary/aromatic N) is 2. The molecule has 1 aliphatic heterocycles. The predicted molar refractivity (Wildman–Crippen MR) is 68.8 cm³/mol. The molecule has 0 saturated heterocycles. The largest absolute Gasteiger partial charge is 0.508 e. The van der Waals surface area contributed by atoms with Crippen LogP contribution in [0.25, 0.3) is 0 Å². The molecule has 3 N–H and O–H groups in total. The van der Waals surface area contributed by atoms with Gasteiger partial charge in [0.15, 0.2) is 0 Å². The quantitative estimate of drug-likeness (QED) is 0.697. The molecule has 2 heterocycles. The highest BCUT2D eigenvalue weighted by Crippen LogP contribution is 2.23. The van der Waals surface area contributed by atoms with Crippen LogP contribution in [-0.2, 0) is 13.0 Å². The second kappa shape index (κ2) is 4.62. The number of fused-ring (bicyclic) bond motifs is 1. The fraction of sp³-hybridized carbons (Fsp3) is 0.231. The lowest BCUT2D eigenvalue weighted by Crippen LogP contribution is -2.25. The van der Waals surface area contributed by atoms with E-state index in [1.165, 1.54) is 5.56 Å². The topological polar surface area (TPSA) is 70.1 Å². The minimum Gasteiger partial charge on any atom is -0.508 e. The van der Waals surface area contributed by atoms with Gasteiger partial charge in [-0.25, -0.2) is 9.97 Å². The summed E-state index contributed by atoms with van der Waals surface area (Å²) in [6.07, 6.45) is 2.51. The Hall–Kier alpha value is -2.14. The lowest BCUT2D eigenvalue weighted by molar-refractivity contribution is 0.475. The maximum atomic E-state index is 9.25. The molecule has 0 atom stereocenters. The standard InChI is InChI=1S/C13H14N4O/c18-10-3-1-9(2-4-10)17-13-11-5-6-14-7-12(11)15-8-16-13/h1-4,8,14,18H,5-7H2,(H,15,16,17). The van der Waals surface area contributed by atoms with Crippen LogP contribution in [0.3, 0.4) is 0 Å². The molecular formula is C13H14N4O. The number of benzene rings is 1. The summed E-state index contributed by atoms with van der Waals surface area (Å²) in [5, 5.41) is 15.8. The van der Waals surface area contributed by atoms with E-state index in [-0.39, 0.29) is 5.75 Å². The first kappa shape index (κ1) is 11.0. The number of nitrogens with one attached hydrogen (secondary N) is 2. The third kappa shape index (κ3) is 2.12. The van der Waals surface area contributed by atoms with E-state index in [0.717, 1.165) is 36.7 Å². The summed E-state index contributed by atoms with van der Waals surface area (Å²) in [5.41, 5.74) is 3.13. The Balaban J connectivity index is 1.90. The molecule has 0 saturated carbocycles. The minimum absolute atomic E-state index is 0.259. The Morgan fingerprint density at radius 2 is 2.00 bits per heavy atom. The van der Waals surface area contributed by atoms with E-state index < -0.39 is 0 Å². The molecule has 2 aromatic rings. The zero-order chi connectivity index (χ0) is 12.4. The number of phenols is 1. The van der Waals surface area contributed by atoms with Crippen molar-refractivity contribution in [2.24, 2.45) is 0 Å². The van der Waals surface area contributed by atoms with Crippen molar-refractivity contribution in [3.8, 4) is 5.75 Å². The van der Waals surface area contributed by atoms with Gasteiger partial charge >= 0.3 is 0 Å². The van der Waals surface area contributed by atoms with Crippen molar-refractivity contribution in [3.05, 3.63) is 41.9 Å². The molecule has 92 valence electrons. The highest BCUT2D eigenvalue weighted by molar-refractivity contribution is 5.60. The van der Waals surface area contributed by atoms with Crippen LogP contribution in [0, 0.1) is 0 Å². The number of hydrogen-bond donors (Lipinski definition) is 3. The van der Waals surface area contributed by atoms with Gasteiger partial charge in [0, 0.05) is 17.8 Å². The Kier molecular flexibility index (Phi) is 2.82. The molecule has 1 aromatic carbocycles. The van der Waals surface area contributed by atoms with Crippen LogP contribution in [0.5, 0.6) is 5.75 Å². The number of phenolic OH excluding ortho intramolecular Hbond substituents is 1. The first-order valence-electron chi connectivity index (χ1n) is 5.92. The predicted octanol–water partition coefficient (Wildman–Crippen LogP) is 1.57. The molecule has 5 nitrogen and oxygen atoms in total. The molecule has 3 rings (SSSR count). The van der Waals surface area contributed by atoms with Crippen LogP contribution in [0.2, 0.25) is 0 Å². The van der Waals surface area contributed by atoms with Crippen LogP contribution in [0.4, 0.5) is 11.5 Å². The van der Waals surface area contributed by atoms with Gasteiger partial charge in [-0.2, -0.15) is 0 Å². The molecular weight excluding hydrogens is 228 g/mol. The van der Waals surface area contributed by atoms with Crippen LogP contribution in [-0.4, -0.2) is 21.6 Å².